The number of aromatic nitrogens is 5. The largest absolute Gasteiger partial charge is 0.507 e. The van der Waals surface area contributed by atoms with Gasteiger partial charge in [0.2, 0.25) is 5.95 Å². The van der Waals surface area contributed by atoms with Gasteiger partial charge in [0, 0.05) is 49.2 Å². The number of rotatable bonds is 4. The van der Waals surface area contributed by atoms with Crippen LogP contribution >= 0.6 is 24.8 Å². The molecule has 0 amide bonds. The number of likely N-dealkylation sites (N-methyl/N-ethyl adjacent to an activating group) is 1. The fraction of sp³-hybridized carbons (Fsp3) is 0.333. The lowest BCUT2D eigenvalue weighted by atomic mass is 10.0. The maximum Gasteiger partial charge on any atom is 0.245 e. The maximum absolute atomic E-state index is 14.5. The van der Waals surface area contributed by atoms with Crippen molar-refractivity contribution in [3.8, 4) is 28.1 Å². The van der Waals surface area contributed by atoms with Crippen LogP contribution in [0.25, 0.3) is 28.0 Å². The first-order chi connectivity index (χ1) is 15.9. The van der Waals surface area contributed by atoms with Gasteiger partial charge in [-0.2, -0.15) is 0 Å². The number of pyridine rings is 1. The van der Waals surface area contributed by atoms with Crippen molar-refractivity contribution in [3.05, 3.63) is 54.4 Å². The van der Waals surface area contributed by atoms with Crippen LogP contribution in [0.3, 0.4) is 0 Å². The summed E-state index contributed by atoms with van der Waals surface area (Å²) in [6.07, 6.45) is 5.19. The van der Waals surface area contributed by atoms with Crippen LogP contribution in [0.15, 0.2) is 42.9 Å². The molecule has 1 aliphatic rings. The van der Waals surface area contributed by atoms with Crippen LogP contribution in [0.1, 0.15) is 19.5 Å². The number of aromatic hydroxyl groups is 1. The zero-order valence-electron chi connectivity index (χ0n) is 19.7. The van der Waals surface area contributed by atoms with Gasteiger partial charge >= 0.3 is 0 Å². The van der Waals surface area contributed by atoms with E-state index in [9.17, 15) is 9.50 Å². The predicted molar refractivity (Wildman–Crippen MR) is 139 cm³/mol. The van der Waals surface area contributed by atoms with E-state index in [0.29, 0.717) is 34.4 Å². The Hall–Kier alpha value is -3.01. The molecular weight excluding hydrogens is 492 g/mol. The highest BCUT2D eigenvalue weighted by Gasteiger charge is 2.24. The van der Waals surface area contributed by atoms with E-state index in [1.165, 1.54) is 6.07 Å². The molecule has 1 N–H and O–H groups in total. The van der Waals surface area contributed by atoms with Gasteiger partial charge in [-0.05, 0) is 44.2 Å². The molecular formula is C24H28Cl2FN7O. The summed E-state index contributed by atoms with van der Waals surface area (Å²) in [6, 6.07) is 7.02. The molecule has 3 aromatic heterocycles. The van der Waals surface area contributed by atoms with Gasteiger partial charge in [-0.3, -0.25) is 4.90 Å². The summed E-state index contributed by atoms with van der Waals surface area (Å²) in [5.74, 6) is 0.213. The molecule has 35 heavy (non-hydrogen) atoms. The Morgan fingerprint density at radius 3 is 2.54 bits per heavy atom. The van der Waals surface area contributed by atoms with Gasteiger partial charge in [-0.15, -0.1) is 35.0 Å². The van der Waals surface area contributed by atoms with Crippen LogP contribution in [-0.4, -0.2) is 66.8 Å². The van der Waals surface area contributed by atoms with Crippen LogP contribution in [0.4, 0.5) is 10.3 Å². The molecule has 1 fully saturated rings. The average molecular weight is 520 g/mol. The van der Waals surface area contributed by atoms with Gasteiger partial charge in [0.1, 0.15) is 11.4 Å². The third-order valence-electron chi connectivity index (χ3n) is 6.24. The normalized spacial score (nSPS) is 16.1. The molecule has 5 rings (SSSR count). The number of anilines is 1. The number of imidazole rings is 1. The summed E-state index contributed by atoms with van der Waals surface area (Å²) in [6.45, 7) is 9.90. The monoisotopic (exact) mass is 519 g/mol. The number of benzene rings is 1. The van der Waals surface area contributed by atoms with Gasteiger partial charge in [0.15, 0.2) is 11.5 Å². The van der Waals surface area contributed by atoms with Crippen LogP contribution in [0.2, 0.25) is 0 Å². The van der Waals surface area contributed by atoms with Crippen molar-refractivity contribution in [2.75, 3.05) is 31.1 Å². The van der Waals surface area contributed by atoms with E-state index in [2.05, 4.69) is 43.8 Å². The van der Waals surface area contributed by atoms with Crippen molar-refractivity contribution in [1.29, 1.82) is 0 Å². The van der Waals surface area contributed by atoms with Crippen molar-refractivity contribution in [2.45, 2.75) is 26.8 Å². The molecule has 0 aliphatic carbocycles. The van der Waals surface area contributed by atoms with E-state index in [-0.39, 0.29) is 36.2 Å². The SMILES string of the molecule is CCN1CCN(c2ncc(-c3ccc(-c4cc(F)c5nc(C)cn5c4)cc3O)nn2)C[C@H]1C.Cl.Cl. The Morgan fingerprint density at radius 2 is 1.89 bits per heavy atom. The minimum absolute atomic E-state index is 0. The Balaban J connectivity index is 0.00000171. The molecule has 1 aromatic carbocycles. The summed E-state index contributed by atoms with van der Waals surface area (Å²) >= 11 is 0. The second-order valence-electron chi connectivity index (χ2n) is 8.49. The molecule has 1 saturated heterocycles. The Kier molecular flexibility index (Phi) is 8.15. The summed E-state index contributed by atoms with van der Waals surface area (Å²) in [7, 11) is 0. The number of nitrogens with zero attached hydrogens (tertiary/aromatic N) is 7. The quantitative estimate of drug-likeness (QED) is 0.428. The number of piperazine rings is 1. The zero-order chi connectivity index (χ0) is 23.1. The van der Waals surface area contributed by atoms with Gasteiger partial charge in [0.25, 0.3) is 0 Å². The van der Waals surface area contributed by atoms with Crippen LogP contribution in [0, 0.1) is 12.7 Å². The number of hydrogen-bond donors (Lipinski definition) is 1. The highest BCUT2D eigenvalue weighted by molar-refractivity contribution is 5.85. The Bertz CT molecular complexity index is 1320. The Morgan fingerprint density at radius 1 is 1.09 bits per heavy atom. The van der Waals surface area contributed by atoms with Crippen LogP contribution in [-0.2, 0) is 0 Å². The number of phenolic OH excluding ortho intramolecular Hbond substituents is 1. The summed E-state index contributed by atoms with van der Waals surface area (Å²) < 4.78 is 16.1. The molecule has 0 spiro atoms. The lowest BCUT2D eigenvalue weighted by Gasteiger charge is -2.39. The van der Waals surface area contributed by atoms with E-state index in [4.69, 9.17) is 0 Å². The number of halogens is 3. The highest BCUT2D eigenvalue weighted by atomic mass is 35.5. The predicted octanol–water partition coefficient (Wildman–Crippen LogP) is 4.38. The average Bonchev–Trinajstić information content (AvgIpc) is 3.20. The van der Waals surface area contributed by atoms with E-state index in [1.54, 1.807) is 35.1 Å². The molecule has 0 unspecified atom stereocenters. The van der Waals surface area contributed by atoms with Crippen LogP contribution < -0.4 is 4.90 Å². The smallest absolute Gasteiger partial charge is 0.245 e. The standard InChI is InChI=1S/C24H26FN7O.2ClH/c1-4-30-7-8-31(13-16(30)3)24-26-11-21(28-29-24)19-6-5-17(10-22(19)33)18-9-20(25)23-27-15(2)12-32(23)14-18;;/h5-6,9-12,14,16,33H,4,7-8,13H2,1-3H3;2*1H/t16-;;/m1../s1. The first-order valence-electron chi connectivity index (χ1n) is 11.1. The molecule has 0 saturated carbocycles. The molecule has 0 radical (unpaired) electrons. The number of aryl methyl sites for hydroxylation is 1. The van der Waals surface area contributed by atoms with E-state index < -0.39 is 5.82 Å². The summed E-state index contributed by atoms with van der Waals surface area (Å²) in [5.41, 5.74) is 3.34. The molecule has 4 heterocycles. The highest BCUT2D eigenvalue weighted by Crippen LogP contribution is 2.33. The zero-order valence-corrected chi connectivity index (χ0v) is 21.4. The number of fused-ring (bicyclic) bond motifs is 1. The van der Waals surface area contributed by atoms with E-state index >= 15 is 0 Å². The molecule has 11 heteroatoms. The van der Waals surface area contributed by atoms with Gasteiger partial charge < -0.3 is 14.4 Å². The third-order valence-corrected chi connectivity index (χ3v) is 6.24. The number of hydrogen-bond acceptors (Lipinski definition) is 7. The molecule has 8 nitrogen and oxygen atoms in total. The van der Waals surface area contributed by atoms with Gasteiger partial charge in [-0.25, -0.2) is 14.4 Å². The first kappa shape index (κ1) is 26.6. The van der Waals surface area contributed by atoms with Gasteiger partial charge in [0.05, 0.1) is 11.9 Å². The first-order valence-corrected chi connectivity index (χ1v) is 11.1. The minimum atomic E-state index is -0.413. The lowest BCUT2D eigenvalue weighted by molar-refractivity contribution is 0.198. The van der Waals surface area contributed by atoms with E-state index in [0.717, 1.165) is 31.9 Å². The third kappa shape index (κ3) is 5.17. The van der Waals surface area contributed by atoms with Crippen LogP contribution in [0.5, 0.6) is 5.75 Å². The lowest BCUT2D eigenvalue weighted by Crippen LogP contribution is -2.52. The second kappa shape index (κ2) is 10.7. The second-order valence-corrected chi connectivity index (χ2v) is 8.49. The summed E-state index contributed by atoms with van der Waals surface area (Å²) in [5, 5.41) is 19.3. The van der Waals surface area contributed by atoms with E-state index in [1.807, 2.05) is 13.0 Å². The topological polar surface area (TPSA) is 82.7 Å². The maximum atomic E-state index is 14.5. The number of phenols is 1. The fourth-order valence-corrected chi connectivity index (χ4v) is 4.45. The molecule has 4 aromatic rings. The fourth-order valence-electron chi connectivity index (χ4n) is 4.45. The molecule has 1 aliphatic heterocycles. The van der Waals surface area contributed by atoms with Crippen molar-refractivity contribution in [2.24, 2.45) is 0 Å². The van der Waals surface area contributed by atoms with Gasteiger partial charge in [-0.1, -0.05) is 13.0 Å². The van der Waals surface area contributed by atoms with Crippen molar-refractivity contribution in [1.82, 2.24) is 29.5 Å². The molecule has 1 atom stereocenters. The Labute approximate surface area is 215 Å². The summed E-state index contributed by atoms with van der Waals surface area (Å²) in [4.78, 5) is 13.2. The minimum Gasteiger partial charge on any atom is -0.507 e. The molecule has 186 valence electrons. The van der Waals surface area contributed by atoms with Crippen molar-refractivity contribution in [3.63, 3.8) is 0 Å². The van der Waals surface area contributed by atoms with Crippen molar-refractivity contribution >= 4 is 36.4 Å². The molecule has 0 bridgehead atoms. The van der Waals surface area contributed by atoms with Crippen molar-refractivity contribution < 1.29 is 9.50 Å².